The van der Waals surface area contributed by atoms with Crippen molar-refractivity contribution in [2.75, 3.05) is 24.7 Å². The summed E-state index contributed by atoms with van der Waals surface area (Å²) in [7, 11) is -3.58. The number of aryl methyl sites for hydroxylation is 2. The third-order valence-electron chi connectivity index (χ3n) is 5.19. The molecule has 1 aromatic rings. The first-order valence-corrected chi connectivity index (χ1v) is 10.5. The summed E-state index contributed by atoms with van der Waals surface area (Å²) in [6, 6.07) is 5.73. The first-order valence-electron chi connectivity index (χ1n) is 8.69. The summed E-state index contributed by atoms with van der Waals surface area (Å²) in [6.45, 7) is 5.22. The van der Waals surface area contributed by atoms with E-state index in [1.807, 2.05) is 32.0 Å². The monoisotopic (exact) mass is 379 g/mol. The largest absolute Gasteiger partial charge is 0.324 e. The molecule has 0 aromatic heterocycles. The zero-order chi connectivity index (χ0) is 19.3. The maximum Gasteiger partial charge on any atom is 0.251 e. The fourth-order valence-electron chi connectivity index (χ4n) is 3.59. The van der Waals surface area contributed by atoms with Crippen LogP contribution in [0.3, 0.4) is 0 Å². The third kappa shape index (κ3) is 3.35. The van der Waals surface area contributed by atoms with E-state index >= 15 is 0 Å². The van der Waals surface area contributed by atoms with Crippen LogP contribution < -0.4 is 5.32 Å². The maximum atomic E-state index is 13.2. The highest BCUT2D eigenvalue weighted by molar-refractivity contribution is 7.88. The fraction of sp³-hybridized carbons (Fsp3) is 0.556. The van der Waals surface area contributed by atoms with Gasteiger partial charge in [-0.1, -0.05) is 18.2 Å². The standard InChI is InChI=1S/C18H25N3O4S/c1-12-6-5-7-13(2)16(12)19-17(23)18(3)11-20(26(4,24)25)10-15(22)21(18)14-8-9-14/h5-7,14H,8-11H2,1-4H3,(H,19,23). The van der Waals surface area contributed by atoms with Crippen LogP contribution in [0.15, 0.2) is 18.2 Å². The topological polar surface area (TPSA) is 86.8 Å². The first kappa shape index (κ1) is 18.8. The molecule has 1 atom stereocenters. The first-order chi connectivity index (χ1) is 12.0. The smallest absolute Gasteiger partial charge is 0.251 e. The number of piperazine rings is 1. The minimum absolute atomic E-state index is 0.0120. The molecule has 1 heterocycles. The molecule has 8 heteroatoms. The summed E-state index contributed by atoms with van der Waals surface area (Å²) in [5.74, 6) is -0.674. The molecule has 142 valence electrons. The Morgan fingerprint density at radius 3 is 2.31 bits per heavy atom. The highest BCUT2D eigenvalue weighted by atomic mass is 32.2. The Kier molecular flexibility index (Phi) is 4.60. The highest BCUT2D eigenvalue weighted by Gasteiger charge is 2.54. The number of rotatable bonds is 4. The van der Waals surface area contributed by atoms with Gasteiger partial charge in [-0.05, 0) is 44.7 Å². The SMILES string of the molecule is Cc1cccc(C)c1NC(=O)C1(C)CN(S(C)(=O)=O)CC(=O)N1C1CC1. The normalized spacial score (nSPS) is 24.6. The Morgan fingerprint density at radius 1 is 1.23 bits per heavy atom. The van der Waals surface area contributed by atoms with E-state index in [2.05, 4.69) is 5.32 Å². The van der Waals surface area contributed by atoms with Crippen molar-refractivity contribution in [1.29, 1.82) is 0 Å². The van der Waals surface area contributed by atoms with Crippen molar-refractivity contribution in [3.05, 3.63) is 29.3 Å². The molecule has 1 aliphatic heterocycles. The van der Waals surface area contributed by atoms with Gasteiger partial charge in [-0.15, -0.1) is 0 Å². The number of benzene rings is 1. The Bertz CT molecular complexity index is 843. The predicted octanol–water partition coefficient (Wildman–Crippen LogP) is 1.27. The summed E-state index contributed by atoms with van der Waals surface area (Å²) >= 11 is 0. The zero-order valence-electron chi connectivity index (χ0n) is 15.6. The van der Waals surface area contributed by atoms with Gasteiger partial charge in [0, 0.05) is 18.3 Å². The Labute approximate surface area is 154 Å². The molecule has 2 amide bonds. The van der Waals surface area contributed by atoms with Crippen LogP contribution in [0.5, 0.6) is 0 Å². The number of sulfonamides is 1. The quantitative estimate of drug-likeness (QED) is 0.853. The number of nitrogens with one attached hydrogen (secondary N) is 1. The van der Waals surface area contributed by atoms with Gasteiger partial charge in [0.1, 0.15) is 5.54 Å². The average Bonchev–Trinajstić information content (AvgIpc) is 3.34. The average molecular weight is 379 g/mol. The molecule has 0 spiro atoms. The molecule has 1 unspecified atom stereocenters. The summed E-state index contributed by atoms with van der Waals surface area (Å²) in [4.78, 5) is 27.5. The number of carbonyl (C=O) groups excluding carboxylic acids is 2. The molecule has 0 radical (unpaired) electrons. The van der Waals surface area contributed by atoms with Gasteiger partial charge < -0.3 is 10.2 Å². The molecular weight excluding hydrogens is 354 g/mol. The van der Waals surface area contributed by atoms with Crippen LogP contribution in [0.1, 0.15) is 30.9 Å². The third-order valence-corrected chi connectivity index (χ3v) is 6.38. The van der Waals surface area contributed by atoms with Gasteiger partial charge in [0.05, 0.1) is 12.8 Å². The summed E-state index contributed by atoms with van der Waals surface area (Å²) in [5, 5.41) is 2.94. The van der Waals surface area contributed by atoms with Crippen molar-refractivity contribution >= 4 is 27.5 Å². The number of para-hydroxylation sites is 1. The molecule has 2 fully saturated rings. The molecule has 1 aliphatic carbocycles. The predicted molar refractivity (Wildman–Crippen MR) is 99.2 cm³/mol. The van der Waals surface area contributed by atoms with Crippen molar-refractivity contribution in [3.63, 3.8) is 0 Å². The van der Waals surface area contributed by atoms with Gasteiger partial charge in [0.25, 0.3) is 5.91 Å². The second kappa shape index (κ2) is 6.35. The highest BCUT2D eigenvalue weighted by Crippen LogP contribution is 2.37. The van der Waals surface area contributed by atoms with Crippen LogP contribution in [-0.2, 0) is 19.6 Å². The zero-order valence-corrected chi connectivity index (χ0v) is 16.4. The number of hydrogen-bond donors (Lipinski definition) is 1. The summed E-state index contributed by atoms with van der Waals surface area (Å²) < 4.78 is 25.1. The molecule has 2 aliphatic rings. The van der Waals surface area contributed by atoms with Gasteiger partial charge in [0.15, 0.2) is 0 Å². The molecule has 7 nitrogen and oxygen atoms in total. The van der Waals surface area contributed by atoms with E-state index < -0.39 is 15.6 Å². The van der Waals surface area contributed by atoms with Crippen molar-refractivity contribution in [2.24, 2.45) is 0 Å². The lowest BCUT2D eigenvalue weighted by atomic mass is 9.94. The van der Waals surface area contributed by atoms with Crippen molar-refractivity contribution in [1.82, 2.24) is 9.21 Å². The van der Waals surface area contributed by atoms with Gasteiger partial charge >= 0.3 is 0 Å². The van der Waals surface area contributed by atoms with Gasteiger partial charge in [0.2, 0.25) is 15.9 Å². The second-order valence-corrected chi connectivity index (χ2v) is 9.50. The lowest BCUT2D eigenvalue weighted by Crippen LogP contribution is -2.69. The number of nitrogens with zero attached hydrogens (tertiary/aromatic N) is 2. The van der Waals surface area contributed by atoms with Crippen molar-refractivity contribution in [2.45, 2.75) is 45.2 Å². The lowest BCUT2D eigenvalue weighted by Gasteiger charge is -2.47. The Morgan fingerprint density at radius 2 is 1.81 bits per heavy atom. The number of carbonyl (C=O) groups is 2. The van der Waals surface area contributed by atoms with Crippen LogP contribution in [0.2, 0.25) is 0 Å². The molecule has 0 bridgehead atoms. The van der Waals surface area contributed by atoms with E-state index in [0.29, 0.717) is 5.69 Å². The van der Waals surface area contributed by atoms with E-state index in [4.69, 9.17) is 0 Å². The van der Waals surface area contributed by atoms with E-state index in [0.717, 1.165) is 34.5 Å². The minimum Gasteiger partial charge on any atom is -0.324 e. The van der Waals surface area contributed by atoms with Crippen molar-refractivity contribution in [3.8, 4) is 0 Å². The molecule has 1 saturated carbocycles. The Hall–Kier alpha value is -1.93. The van der Waals surface area contributed by atoms with Crippen LogP contribution in [0.25, 0.3) is 0 Å². The van der Waals surface area contributed by atoms with E-state index in [9.17, 15) is 18.0 Å². The van der Waals surface area contributed by atoms with Crippen LogP contribution >= 0.6 is 0 Å². The Balaban J connectivity index is 1.96. The van der Waals surface area contributed by atoms with Gasteiger partial charge in [-0.2, -0.15) is 4.31 Å². The molecular formula is C18H25N3O4S. The van der Waals surface area contributed by atoms with Gasteiger partial charge in [-0.25, -0.2) is 8.42 Å². The van der Waals surface area contributed by atoms with Crippen LogP contribution in [0, 0.1) is 13.8 Å². The second-order valence-electron chi connectivity index (χ2n) is 7.52. The number of anilines is 1. The van der Waals surface area contributed by atoms with E-state index in [1.54, 1.807) is 11.8 Å². The molecule has 1 aromatic carbocycles. The molecule has 26 heavy (non-hydrogen) atoms. The molecule has 3 rings (SSSR count). The fourth-order valence-corrected chi connectivity index (χ4v) is 4.42. The molecule has 1 saturated heterocycles. The minimum atomic E-state index is -3.58. The van der Waals surface area contributed by atoms with E-state index in [1.165, 1.54) is 0 Å². The van der Waals surface area contributed by atoms with Crippen molar-refractivity contribution < 1.29 is 18.0 Å². The van der Waals surface area contributed by atoms with E-state index in [-0.39, 0.29) is 30.9 Å². The molecule has 1 N–H and O–H groups in total. The lowest BCUT2D eigenvalue weighted by molar-refractivity contribution is -0.151. The number of hydrogen-bond acceptors (Lipinski definition) is 4. The van der Waals surface area contributed by atoms with Crippen LogP contribution in [0.4, 0.5) is 5.69 Å². The summed E-state index contributed by atoms with van der Waals surface area (Å²) in [5.41, 5.74) is 1.30. The number of amides is 2. The van der Waals surface area contributed by atoms with Crippen LogP contribution in [-0.4, -0.2) is 60.4 Å². The summed E-state index contributed by atoms with van der Waals surface area (Å²) in [6.07, 6.45) is 2.75. The maximum absolute atomic E-state index is 13.2. The van der Waals surface area contributed by atoms with Gasteiger partial charge in [-0.3, -0.25) is 9.59 Å².